The molecule has 0 radical (unpaired) electrons. The van der Waals surface area contributed by atoms with Crippen LogP contribution in [0.1, 0.15) is 20.7 Å². The van der Waals surface area contributed by atoms with E-state index in [1.165, 1.54) is 24.3 Å². The standard InChI is InChI=1S/C20H30O10/c21-5-7-25-9-11-27-13-15-29-19(23)17-1-2-18(4-3-17)20(24)30-16-14-28-12-10-26-8-6-22/h1-4,21-22H,5-16H2. The van der Waals surface area contributed by atoms with Crippen LogP contribution in [0, 0.1) is 0 Å². The first kappa shape index (κ1) is 26.0. The van der Waals surface area contributed by atoms with E-state index in [0.29, 0.717) is 37.6 Å². The zero-order valence-corrected chi connectivity index (χ0v) is 17.0. The van der Waals surface area contributed by atoms with Gasteiger partial charge in [-0.1, -0.05) is 0 Å². The maximum absolute atomic E-state index is 12.0. The Kier molecular flexibility index (Phi) is 15.4. The van der Waals surface area contributed by atoms with Crippen LogP contribution in [0.25, 0.3) is 0 Å². The summed E-state index contributed by atoms with van der Waals surface area (Å²) >= 11 is 0. The molecule has 0 aliphatic rings. The third kappa shape index (κ3) is 12.5. The highest BCUT2D eigenvalue weighted by Gasteiger charge is 2.11. The maximum Gasteiger partial charge on any atom is 0.338 e. The zero-order chi connectivity index (χ0) is 21.9. The van der Waals surface area contributed by atoms with E-state index in [1.54, 1.807) is 0 Å². The largest absolute Gasteiger partial charge is 0.460 e. The van der Waals surface area contributed by atoms with Gasteiger partial charge in [-0.25, -0.2) is 9.59 Å². The third-order valence-corrected chi connectivity index (χ3v) is 3.49. The van der Waals surface area contributed by atoms with E-state index < -0.39 is 11.9 Å². The predicted octanol–water partition coefficient (Wildman–Crippen LogP) is 0.0512. The summed E-state index contributed by atoms with van der Waals surface area (Å²) in [5.74, 6) is -1.04. The van der Waals surface area contributed by atoms with Gasteiger partial charge in [0.1, 0.15) is 13.2 Å². The number of hydrogen-bond acceptors (Lipinski definition) is 10. The second kappa shape index (κ2) is 17.8. The van der Waals surface area contributed by atoms with Gasteiger partial charge in [-0.3, -0.25) is 0 Å². The van der Waals surface area contributed by atoms with Crippen molar-refractivity contribution < 1.29 is 48.2 Å². The van der Waals surface area contributed by atoms with Gasteiger partial charge >= 0.3 is 11.9 Å². The lowest BCUT2D eigenvalue weighted by Crippen LogP contribution is -2.14. The Morgan fingerprint density at radius 1 is 0.533 bits per heavy atom. The Bertz CT molecular complexity index is 524. The average molecular weight is 430 g/mol. The molecule has 0 saturated heterocycles. The number of aliphatic hydroxyl groups excluding tert-OH is 2. The van der Waals surface area contributed by atoms with Crippen LogP contribution < -0.4 is 0 Å². The monoisotopic (exact) mass is 430 g/mol. The van der Waals surface area contributed by atoms with Crippen molar-refractivity contribution in [1.29, 1.82) is 0 Å². The number of hydrogen-bond donors (Lipinski definition) is 2. The lowest BCUT2D eigenvalue weighted by atomic mass is 10.1. The fourth-order valence-corrected chi connectivity index (χ4v) is 2.07. The summed E-state index contributed by atoms with van der Waals surface area (Å²) in [6.07, 6.45) is 0. The van der Waals surface area contributed by atoms with Gasteiger partial charge in [0.2, 0.25) is 0 Å². The number of carbonyl (C=O) groups is 2. The van der Waals surface area contributed by atoms with Crippen molar-refractivity contribution >= 4 is 11.9 Å². The molecule has 2 N–H and O–H groups in total. The van der Waals surface area contributed by atoms with E-state index in [4.69, 9.17) is 38.6 Å². The fourth-order valence-electron chi connectivity index (χ4n) is 2.07. The molecule has 170 valence electrons. The lowest BCUT2D eigenvalue weighted by Gasteiger charge is -2.08. The van der Waals surface area contributed by atoms with Gasteiger partial charge < -0.3 is 38.6 Å². The van der Waals surface area contributed by atoms with Gasteiger partial charge in [0.15, 0.2) is 0 Å². The Morgan fingerprint density at radius 2 is 0.833 bits per heavy atom. The van der Waals surface area contributed by atoms with E-state index in [-0.39, 0.29) is 52.9 Å². The second-order valence-corrected chi connectivity index (χ2v) is 5.75. The normalized spacial score (nSPS) is 10.7. The van der Waals surface area contributed by atoms with Crippen LogP contribution in [0.3, 0.4) is 0 Å². The maximum atomic E-state index is 12.0. The molecule has 0 spiro atoms. The van der Waals surface area contributed by atoms with E-state index in [1.807, 2.05) is 0 Å². The number of rotatable bonds is 18. The van der Waals surface area contributed by atoms with Crippen LogP contribution in [0.15, 0.2) is 24.3 Å². The van der Waals surface area contributed by atoms with Gasteiger partial charge in [-0.15, -0.1) is 0 Å². The van der Waals surface area contributed by atoms with Gasteiger partial charge in [-0.2, -0.15) is 0 Å². The number of benzene rings is 1. The van der Waals surface area contributed by atoms with Crippen molar-refractivity contribution in [2.24, 2.45) is 0 Å². The molecule has 0 aliphatic carbocycles. The smallest absolute Gasteiger partial charge is 0.338 e. The molecule has 0 aliphatic heterocycles. The molecule has 1 aromatic carbocycles. The highest BCUT2D eigenvalue weighted by atomic mass is 16.6. The molecule has 0 atom stereocenters. The minimum atomic E-state index is -0.521. The fraction of sp³-hybridized carbons (Fsp3) is 0.600. The van der Waals surface area contributed by atoms with Crippen molar-refractivity contribution in [3.63, 3.8) is 0 Å². The topological polar surface area (TPSA) is 130 Å². The van der Waals surface area contributed by atoms with Crippen molar-refractivity contribution in [2.45, 2.75) is 0 Å². The molecule has 0 heterocycles. The zero-order valence-electron chi connectivity index (χ0n) is 17.0. The molecule has 0 bridgehead atoms. The quantitative estimate of drug-likeness (QED) is 0.243. The highest BCUT2D eigenvalue weighted by molar-refractivity contribution is 5.93. The number of esters is 2. The van der Waals surface area contributed by atoms with Crippen molar-refractivity contribution in [3.05, 3.63) is 35.4 Å². The summed E-state index contributed by atoms with van der Waals surface area (Å²) in [6.45, 7) is 2.50. The summed E-state index contributed by atoms with van der Waals surface area (Å²) in [5.41, 5.74) is 0.619. The summed E-state index contributed by atoms with van der Waals surface area (Å²) in [6, 6.07) is 5.93. The Hall–Kier alpha value is -2.08. The van der Waals surface area contributed by atoms with E-state index in [0.717, 1.165) is 0 Å². The van der Waals surface area contributed by atoms with Crippen molar-refractivity contribution in [2.75, 3.05) is 79.3 Å². The van der Waals surface area contributed by atoms with Crippen LogP contribution in [0.2, 0.25) is 0 Å². The molecule has 0 unspecified atom stereocenters. The molecule has 10 nitrogen and oxygen atoms in total. The van der Waals surface area contributed by atoms with Gasteiger partial charge in [0.05, 0.1) is 77.2 Å². The molecule has 0 fully saturated rings. The average Bonchev–Trinajstić information content (AvgIpc) is 2.77. The number of carbonyl (C=O) groups excluding carboxylic acids is 2. The number of ether oxygens (including phenoxy) is 6. The molecule has 0 amide bonds. The first-order valence-corrected chi connectivity index (χ1v) is 9.66. The number of aliphatic hydroxyl groups is 2. The molecule has 1 rings (SSSR count). The Morgan fingerprint density at radius 3 is 1.17 bits per heavy atom. The molecule has 0 saturated carbocycles. The SMILES string of the molecule is O=C(OCCOCCOCCO)c1ccc(C(=O)OCCOCCOCCO)cc1. The van der Waals surface area contributed by atoms with Gasteiger partial charge in [0.25, 0.3) is 0 Å². The summed E-state index contributed by atoms with van der Waals surface area (Å²) < 4.78 is 30.7. The predicted molar refractivity (Wildman–Crippen MR) is 104 cm³/mol. The minimum Gasteiger partial charge on any atom is -0.460 e. The van der Waals surface area contributed by atoms with Crippen LogP contribution in [0.5, 0.6) is 0 Å². The molecule has 30 heavy (non-hydrogen) atoms. The molecule has 10 heteroatoms. The third-order valence-electron chi connectivity index (χ3n) is 3.49. The van der Waals surface area contributed by atoms with E-state index >= 15 is 0 Å². The highest BCUT2D eigenvalue weighted by Crippen LogP contribution is 2.07. The molecule has 0 aromatic heterocycles. The van der Waals surface area contributed by atoms with Crippen LogP contribution in [-0.2, 0) is 28.4 Å². The Labute approximate surface area is 175 Å². The summed E-state index contributed by atoms with van der Waals surface area (Å²) in [5, 5.41) is 17.1. The van der Waals surface area contributed by atoms with Crippen LogP contribution in [-0.4, -0.2) is 101 Å². The van der Waals surface area contributed by atoms with Gasteiger partial charge in [-0.05, 0) is 24.3 Å². The lowest BCUT2D eigenvalue weighted by molar-refractivity contribution is 0.00881. The van der Waals surface area contributed by atoms with Crippen LogP contribution in [0.4, 0.5) is 0 Å². The minimum absolute atomic E-state index is 0.0366. The first-order valence-electron chi connectivity index (χ1n) is 9.66. The second-order valence-electron chi connectivity index (χ2n) is 5.75. The van der Waals surface area contributed by atoms with Gasteiger partial charge in [0, 0.05) is 0 Å². The Balaban J connectivity index is 2.16. The molecule has 1 aromatic rings. The van der Waals surface area contributed by atoms with Crippen molar-refractivity contribution in [3.8, 4) is 0 Å². The van der Waals surface area contributed by atoms with Crippen LogP contribution >= 0.6 is 0 Å². The van der Waals surface area contributed by atoms with E-state index in [2.05, 4.69) is 0 Å². The van der Waals surface area contributed by atoms with E-state index in [9.17, 15) is 9.59 Å². The first-order chi connectivity index (χ1) is 14.7. The summed E-state index contributed by atoms with van der Waals surface area (Å²) in [4.78, 5) is 23.9. The molecular weight excluding hydrogens is 400 g/mol. The summed E-state index contributed by atoms with van der Waals surface area (Å²) in [7, 11) is 0. The van der Waals surface area contributed by atoms with Crippen molar-refractivity contribution in [1.82, 2.24) is 0 Å². The molecular formula is C20H30O10.